The Morgan fingerprint density at radius 1 is 1.33 bits per heavy atom. The summed E-state index contributed by atoms with van der Waals surface area (Å²) in [6.07, 6.45) is 1.23. The van der Waals surface area contributed by atoms with Gasteiger partial charge in [-0.2, -0.15) is 0 Å². The first-order chi connectivity index (χ1) is 9.69. The summed E-state index contributed by atoms with van der Waals surface area (Å²) in [5.41, 5.74) is 0. The number of nitrogens with zero attached hydrogens (tertiary/aromatic N) is 1. The van der Waals surface area contributed by atoms with Crippen molar-refractivity contribution in [2.24, 2.45) is 5.92 Å². The van der Waals surface area contributed by atoms with E-state index in [1.165, 1.54) is 4.90 Å². The highest BCUT2D eigenvalue weighted by Crippen LogP contribution is 2.17. The van der Waals surface area contributed by atoms with Crippen LogP contribution in [-0.4, -0.2) is 67.5 Å². The van der Waals surface area contributed by atoms with E-state index in [0.717, 1.165) is 6.42 Å². The molecule has 0 aromatic carbocycles. The molecule has 1 fully saturated rings. The van der Waals surface area contributed by atoms with E-state index in [0.29, 0.717) is 18.9 Å². The Morgan fingerprint density at radius 2 is 2.00 bits per heavy atom. The molecule has 21 heavy (non-hydrogen) atoms. The Kier molecular flexibility index (Phi) is 6.60. The topological polar surface area (TPSA) is 104 Å². The molecule has 2 N–H and O–H groups in total. The molecule has 0 bridgehead atoms. The van der Waals surface area contributed by atoms with Crippen LogP contribution in [0, 0.1) is 5.92 Å². The lowest BCUT2D eigenvalue weighted by Gasteiger charge is -2.25. The number of carbonyl (C=O) groups excluding carboxylic acids is 1. The Balaban J connectivity index is 2.54. The van der Waals surface area contributed by atoms with E-state index in [9.17, 15) is 18.0 Å². The molecule has 0 radical (unpaired) electrons. The average Bonchev–Trinajstić information content (AvgIpc) is 2.67. The first-order valence-electron chi connectivity index (χ1n) is 7.12. The van der Waals surface area contributed by atoms with Crippen molar-refractivity contribution in [3.05, 3.63) is 0 Å². The fraction of sp³-hybridized carbons (Fsp3) is 0.846. The van der Waals surface area contributed by atoms with E-state index in [1.807, 2.05) is 13.8 Å². The number of carboxylic acids is 1. The first kappa shape index (κ1) is 17.9. The van der Waals surface area contributed by atoms with E-state index in [4.69, 9.17) is 5.11 Å². The van der Waals surface area contributed by atoms with Gasteiger partial charge in [0.2, 0.25) is 5.91 Å². The molecule has 0 spiro atoms. The number of nitrogens with one attached hydrogen (secondary N) is 1. The zero-order valence-electron chi connectivity index (χ0n) is 12.5. The van der Waals surface area contributed by atoms with Crippen molar-refractivity contribution in [2.45, 2.75) is 32.7 Å². The molecule has 0 aromatic rings. The summed E-state index contributed by atoms with van der Waals surface area (Å²) in [5.74, 6) is -0.863. The van der Waals surface area contributed by atoms with Gasteiger partial charge in [-0.15, -0.1) is 0 Å². The van der Waals surface area contributed by atoms with Gasteiger partial charge in [-0.05, 0) is 18.8 Å². The number of amides is 1. The lowest BCUT2D eigenvalue weighted by atomic mass is 10.1. The number of hydrogen-bond acceptors (Lipinski definition) is 5. The molecular weight excluding hydrogens is 296 g/mol. The zero-order chi connectivity index (χ0) is 16.0. The molecule has 1 amide bonds. The van der Waals surface area contributed by atoms with Crippen molar-refractivity contribution in [3.63, 3.8) is 0 Å². The van der Waals surface area contributed by atoms with Crippen LogP contribution in [0.3, 0.4) is 0 Å². The van der Waals surface area contributed by atoms with Gasteiger partial charge in [-0.25, -0.2) is 8.42 Å². The molecule has 1 aliphatic rings. The number of rotatable bonds is 8. The monoisotopic (exact) mass is 320 g/mol. The van der Waals surface area contributed by atoms with Gasteiger partial charge >= 0.3 is 5.97 Å². The van der Waals surface area contributed by atoms with Crippen molar-refractivity contribution in [1.29, 1.82) is 0 Å². The summed E-state index contributed by atoms with van der Waals surface area (Å²) < 4.78 is 23.0. The van der Waals surface area contributed by atoms with E-state index < -0.39 is 15.8 Å². The molecule has 1 aliphatic heterocycles. The van der Waals surface area contributed by atoms with Gasteiger partial charge in [0, 0.05) is 12.6 Å². The molecule has 1 unspecified atom stereocenters. The molecule has 1 heterocycles. The van der Waals surface area contributed by atoms with Gasteiger partial charge in [-0.1, -0.05) is 13.8 Å². The van der Waals surface area contributed by atoms with Crippen LogP contribution in [0.5, 0.6) is 0 Å². The maximum atomic E-state index is 11.8. The second-order valence-electron chi connectivity index (χ2n) is 5.89. The van der Waals surface area contributed by atoms with Crippen LogP contribution in [0.4, 0.5) is 0 Å². The molecule has 1 atom stereocenters. The molecule has 0 aliphatic carbocycles. The summed E-state index contributed by atoms with van der Waals surface area (Å²) >= 11 is 0. The van der Waals surface area contributed by atoms with Crippen LogP contribution >= 0.6 is 0 Å². The molecule has 7 nitrogen and oxygen atoms in total. The van der Waals surface area contributed by atoms with E-state index >= 15 is 0 Å². The largest absolute Gasteiger partial charge is 0.480 e. The fourth-order valence-electron chi connectivity index (χ4n) is 2.29. The quantitative estimate of drug-likeness (QED) is 0.637. The van der Waals surface area contributed by atoms with Crippen LogP contribution in [0.2, 0.25) is 0 Å². The molecule has 0 saturated carbocycles. The summed E-state index contributed by atoms with van der Waals surface area (Å²) in [5, 5.41) is 11.7. The smallest absolute Gasteiger partial charge is 0.317 e. The lowest BCUT2D eigenvalue weighted by Crippen LogP contribution is -2.46. The van der Waals surface area contributed by atoms with Crippen LogP contribution in [-0.2, 0) is 19.4 Å². The second kappa shape index (κ2) is 7.74. The highest BCUT2D eigenvalue weighted by Gasteiger charge is 2.33. The summed E-state index contributed by atoms with van der Waals surface area (Å²) in [7, 11) is -3.11. The Bertz CT molecular complexity index is 475. The third-order valence-electron chi connectivity index (χ3n) is 3.45. The van der Waals surface area contributed by atoms with Crippen LogP contribution in [0.25, 0.3) is 0 Å². The fourth-order valence-corrected chi connectivity index (χ4v) is 4.05. The van der Waals surface area contributed by atoms with E-state index in [-0.39, 0.29) is 36.5 Å². The van der Waals surface area contributed by atoms with Gasteiger partial charge < -0.3 is 10.4 Å². The maximum Gasteiger partial charge on any atom is 0.317 e. The number of carboxylic acid groups (broad SMARTS) is 1. The molecule has 122 valence electrons. The molecule has 0 aromatic heterocycles. The van der Waals surface area contributed by atoms with Crippen molar-refractivity contribution in [2.75, 3.05) is 31.1 Å². The SMILES string of the molecule is CC(C)CCNC(=O)CN(CC(=O)O)C1CCS(=O)(=O)C1. The minimum atomic E-state index is -3.11. The molecular formula is C13H24N2O5S. The van der Waals surface area contributed by atoms with Crippen LogP contribution in [0.1, 0.15) is 26.7 Å². The highest BCUT2D eigenvalue weighted by atomic mass is 32.2. The third-order valence-corrected chi connectivity index (χ3v) is 5.20. The maximum absolute atomic E-state index is 11.8. The Morgan fingerprint density at radius 3 is 2.48 bits per heavy atom. The van der Waals surface area contributed by atoms with Crippen molar-refractivity contribution < 1.29 is 23.1 Å². The summed E-state index contributed by atoms with van der Waals surface area (Å²) in [6.45, 7) is 4.24. The Labute approximate surface area is 125 Å². The second-order valence-corrected chi connectivity index (χ2v) is 8.12. The van der Waals surface area contributed by atoms with Crippen molar-refractivity contribution in [3.8, 4) is 0 Å². The standard InChI is InChI=1S/C13H24N2O5S/c1-10(2)3-5-14-12(16)7-15(8-13(17)18)11-4-6-21(19,20)9-11/h10-11H,3-9H2,1-2H3,(H,14,16)(H,17,18). The number of carbonyl (C=O) groups is 2. The predicted molar refractivity (Wildman–Crippen MR) is 78.7 cm³/mol. The van der Waals surface area contributed by atoms with Gasteiger partial charge in [-0.3, -0.25) is 14.5 Å². The highest BCUT2D eigenvalue weighted by molar-refractivity contribution is 7.91. The number of aliphatic carboxylic acids is 1. The summed E-state index contributed by atoms with van der Waals surface area (Å²) in [4.78, 5) is 24.2. The third kappa shape index (κ3) is 6.90. The minimum absolute atomic E-state index is 0.0583. The average molecular weight is 320 g/mol. The molecule has 8 heteroatoms. The Hall–Kier alpha value is -1.15. The van der Waals surface area contributed by atoms with Gasteiger partial charge in [0.25, 0.3) is 0 Å². The normalized spacial score (nSPS) is 20.9. The predicted octanol–water partition coefficient (Wildman–Crippen LogP) is -0.278. The lowest BCUT2D eigenvalue weighted by molar-refractivity contribution is -0.139. The van der Waals surface area contributed by atoms with Crippen molar-refractivity contribution in [1.82, 2.24) is 10.2 Å². The zero-order valence-corrected chi connectivity index (χ0v) is 13.4. The number of sulfone groups is 1. The molecule has 1 saturated heterocycles. The first-order valence-corrected chi connectivity index (χ1v) is 8.94. The van der Waals surface area contributed by atoms with Gasteiger partial charge in [0.05, 0.1) is 24.6 Å². The van der Waals surface area contributed by atoms with Crippen LogP contribution < -0.4 is 5.32 Å². The minimum Gasteiger partial charge on any atom is -0.480 e. The van der Waals surface area contributed by atoms with Crippen molar-refractivity contribution >= 4 is 21.7 Å². The van der Waals surface area contributed by atoms with Gasteiger partial charge in [0.15, 0.2) is 9.84 Å². The molecule has 1 rings (SSSR count). The van der Waals surface area contributed by atoms with E-state index in [2.05, 4.69) is 5.32 Å². The summed E-state index contributed by atoms with van der Waals surface area (Å²) in [6, 6.07) is -0.387. The van der Waals surface area contributed by atoms with E-state index in [1.54, 1.807) is 0 Å². The number of hydrogen-bond donors (Lipinski definition) is 2. The van der Waals surface area contributed by atoms with Gasteiger partial charge in [0.1, 0.15) is 0 Å². The van der Waals surface area contributed by atoms with Crippen LogP contribution in [0.15, 0.2) is 0 Å².